The lowest BCUT2D eigenvalue weighted by atomic mass is 9.72. The van der Waals surface area contributed by atoms with Crippen LogP contribution in [0.3, 0.4) is 0 Å². The fourth-order valence-electron chi connectivity index (χ4n) is 3.61. The van der Waals surface area contributed by atoms with Crippen LogP contribution in [0.5, 0.6) is 0 Å². The van der Waals surface area contributed by atoms with Gasteiger partial charge in [0.05, 0.1) is 5.39 Å². The molecule has 0 aliphatic heterocycles. The number of rotatable bonds is 3. The Morgan fingerprint density at radius 1 is 1.42 bits per heavy atom. The lowest BCUT2D eigenvalue weighted by Gasteiger charge is -2.33. The second-order valence-electron chi connectivity index (χ2n) is 7.66. The molecule has 130 valence electrons. The summed E-state index contributed by atoms with van der Waals surface area (Å²) in [5.74, 6) is 0.149. The molecule has 6 heteroatoms. The van der Waals surface area contributed by atoms with E-state index in [9.17, 15) is 9.59 Å². The fraction of sp³-hybridized carbons (Fsp3) is 0.611. The summed E-state index contributed by atoms with van der Waals surface area (Å²) in [5, 5.41) is 9.77. The van der Waals surface area contributed by atoms with E-state index in [2.05, 4.69) is 25.8 Å². The van der Waals surface area contributed by atoms with E-state index in [4.69, 9.17) is 5.11 Å². The molecule has 1 aliphatic rings. The number of aryl methyl sites for hydroxylation is 2. The quantitative estimate of drug-likeness (QED) is 0.924. The number of carboxylic acid groups (broad SMARTS) is 1. The SMILES string of the molecule is CCc1nc2sc3c(c2c(=O)n1CC(=O)O)CCC(C(C)(C)C)C3. The summed E-state index contributed by atoms with van der Waals surface area (Å²) >= 11 is 1.62. The van der Waals surface area contributed by atoms with Gasteiger partial charge < -0.3 is 5.11 Å². The van der Waals surface area contributed by atoms with Crippen molar-refractivity contribution in [2.75, 3.05) is 0 Å². The Morgan fingerprint density at radius 2 is 2.12 bits per heavy atom. The summed E-state index contributed by atoms with van der Waals surface area (Å²) in [4.78, 5) is 30.7. The van der Waals surface area contributed by atoms with Crippen molar-refractivity contribution in [1.82, 2.24) is 9.55 Å². The molecule has 0 bridgehead atoms. The van der Waals surface area contributed by atoms with Crippen LogP contribution in [0.2, 0.25) is 0 Å². The number of carboxylic acids is 1. The summed E-state index contributed by atoms with van der Waals surface area (Å²) < 4.78 is 1.33. The van der Waals surface area contributed by atoms with Gasteiger partial charge in [-0.1, -0.05) is 27.7 Å². The van der Waals surface area contributed by atoms with Gasteiger partial charge in [-0.2, -0.15) is 0 Å². The Bertz CT molecular complexity index is 858. The average Bonchev–Trinajstić information content (AvgIpc) is 2.86. The second kappa shape index (κ2) is 5.99. The van der Waals surface area contributed by atoms with Crippen LogP contribution in [0.4, 0.5) is 0 Å². The number of hydrogen-bond donors (Lipinski definition) is 1. The monoisotopic (exact) mass is 348 g/mol. The molecule has 0 spiro atoms. The summed E-state index contributed by atoms with van der Waals surface area (Å²) in [6.45, 7) is 8.38. The first-order valence-electron chi connectivity index (χ1n) is 8.48. The minimum absolute atomic E-state index is 0.189. The lowest BCUT2D eigenvalue weighted by molar-refractivity contribution is -0.137. The van der Waals surface area contributed by atoms with Gasteiger partial charge in [0.25, 0.3) is 5.56 Å². The number of thiophene rings is 1. The molecule has 1 aliphatic carbocycles. The van der Waals surface area contributed by atoms with Crippen LogP contribution in [0, 0.1) is 11.3 Å². The van der Waals surface area contributed by atoms with Crippen molar-refractivity contribution in [3.05, 3.63) is 26.6 Å². The van der Waals surface area contributed by atoms with Crippen molar-refractivity contribution in [1.29, 1.82) is 0 Å². The smallest absolute Gasteiger partial charge is 0.323 e. The van der Waals surface area contributed by atoms with E-state index in [1.54, 1.807) is 11.3 Å². The van der Waals surface area contributed by atoms with Crippen molar-refractivity contribution in [3.8, 4) is 0 Å². The molecular formula is C18H24N2O3S. The van der Waals surface area contributed by atoms with Gasteiger partial charge in [0.1, 0.15) is 17.2 Å². The van der Waals surface area contributed by atoms with Gasteiger partial charge in [-0.05, 0) is 36.2 Å². The average molecular weight is 348 g/mol. The van der Waals surface area contributed by atoms with Gasteiger partial charge in [-0.3, -0.25) is 14.2 Å². The number of aromatic nitrogens is 2. The summed E-state index contributed by atoms with van der Waals surface area (Å²) in [5.41, 5.74) is 1.17. The van der Waals surface area contributed by atoms with Crippen LogP contribution >= 0.6 is 11.3 Å². The largest absolute Gasteiger partial charge is 0.480 e. The number of fused-ring (bicyclic) bond motifs is 3. The third-order valence-electron chi connectivity index (χ3n) is 5.08. The summed E-state index contributed by atoms with van der Waals surface area (Å²) in [6, 6.07) is 0. The lowest BCUT2D eigenvalue weighted by Crippen LogP contribution is -2.29. The molecule has 0 amide bonds. The molecule has 2 aromatic heterocycles. The standard InChI is InChI=1S/C18H24N2O3S/c1-5-13-19-16-15(17(23)20(13)9-14(21)22)11-7-6-10(18(2,3)4)8-12(11)24-16/h10H,5-9H2,1-4H3,(H,21,22). The molecular weight excluding hydrogens is 324 g/mol. The first-order chi connectivity index (χ1) is 11.2. The van der Waals surface area contributed by atoms with Gasteiger partial charge in [0.2, 0.25) is 0 Å². The molecule has 0 saturated heterocycles. The Kier molecular flexibility index (Phi) is 4.28. The topological polar surface area (TPSA) is 72.2 Å². The van der Waals surface area contributed by atoms with Crippen molar-refractivity contribution in [3.63, 3.8) is 0 Å². The zero-order chi connectivity index (χ0) is 17.6. The highest BCUT2D eigenvalue weighted by Crippen LogP contribution is 2.42. The van der Waals surface area contributed by atoms with Crippen molar-refractivity contribution in [2.45, 2.75) is 59.9 Å². The number of hydrogen-bond acceptors (Lipinski definition) is 4. The molecule has 0 aromatic carbocycles. The molecule has 24 heavy (non-hydrogen) atoms. The third-order valence-corrected chi connectivity index (χ3v) is 6.23. The van der Waals surface area contributed by atoms with Crippen LogP contribution in [-0.4, -0.2) is 20.6 Å². The third kappa shape index (κ3) is 2.88. The molecule has 1 atom stereocenters. The highest BCUT2D eigenvalue weighted by atomic mass is 32.1. The molecule has 3 rings (SSSR count). The zero-order valence-corrected chi connectivity index (χ0v) is 15.5. The zero-order valence-electron chi connectivity index (χ0n) is 14.7. The Balaban J connectivity index is 2.16. The molecule has 0 saturated carbocycles. The van der Waals surface area contributed by atoms with E-state index < -0.39 is 5.97 Å². The van der Waals surface area contributed by atoms with Crippen molar-refractivity contribution in [2.24, 2.45) is 11.3 Å². The van der Waals surface area contributed by atoms with Crippen LogP contribution in [-0.2, 0) is 30.6 Å². The van der Waals surface area contributed by atoms with E-state index in [1.807, 2.05) is 6.92 Å². The highest BCUT2D eigenvalue weighted by Gasteiger charge is 2.32. The van der Waals surface area contributed by atoms with Gasteiger partial charge in [-0.15, -0.1) is 11.3 Å². The van der Waals surface area contributed by atoms with Crippen molar-refractivity contribution >= 4 is 27.5 Å². The number of aliphatic carboxylic acids is 1. The predicted octanol–water partition coefficient (Wildman–Crippen LogP) is 3.26. The number of carbonyl (C=O) groups is 1. The van der Waals surface area contributed by atoms with Gasteiger partial charge in [0, 0.05) is 11.3 Å². The molecule has 0 fully saturated rings. The van der Waals surface area contributed by atoms with Crippen molar-refractivity contribution < 1.29 is 9.90 Å². The fourth-order valence-corrected chi connectivity index (χ4v) is 4.92. The maximum Gasteiger partial charge on any atom is 0.323 e. The van der Waals surface area contributed by atoms with E-state index in [-0.39, 0.29) is 17.5 Å². The molecule has 1 unspecified atom stereocenters. The Hall–Kier alpha value is -1.69. The first-order valence-corrected chi connectivity index (χ1v) is 9.29. The van der Waals surface area contributed by atoms with Gasteiger partial charge in [0.15, 0.2) is 0 Å². The second-order valence-corrected chi connectivity index (χ2v) is 8.74. The molecule has 0 radical (unpaired) electrons. The first kappa shape index (κ1) is 17.1. The Labute approximate surface area is 145 Å². The maximum absolute atomic E-state index is 12.9. The molecule has 2 heterocycles. The number of nitrogens with zero attached hydrogens (tertiary/aromatic N) is 2. The summed E-state index contributed by atoms with van der Waals surface area (Å²) in [7, 11) is 0. The van der Waals surface area contributed by atoms with E-state index in [1.165, 1.54) is 9.44 Å². The maximum atomic E-state index is 12.9. The minimum Gasteiger partial charge on any atom is -0.480 e. The predicted molar refractivity (Wildman–Crippen MR) is 95.9 cm³/mol. The molecule has 2 aromatic rings. The van der Waals surface area contributed by atoms with E-state index in [0.29, 0.717) is 23.5 Å². The van der Waals surface area contributed by atoms with Gasteiger partial charge in [-0.25, -0.2) is 4.98 Å². The normalized spacial score (nSPS) is 17.9. The highest BCUT2D eigenvalue weighted by molar-refractivity contribution is 7.18. The summed E-state index contributed by atoms with van der Waals surface area (Å²) in [6.07, 6.45) is 3.48. The van der Waals surface area contributed by atoms with Crippen LogP contribution in [0.15, 0.2) is 4.79 Å². The van der Waals surface area contributed by atoms with Gasteiger partial charge >= 0.3 is 5.97 Å². The van der Waals surface area contributed by atoms with E-state index in [0.717, 1.165) is 29.7 Å². The molecule has 5 nitrogen and oxygen atoms in total. The molecule has 1 N–H and O–H groups in total. The van der Waals surface area contributed by atoms with Crippen LogP contribution in [0.1, 0.15) is 50.4 Å². The van der Waals surface area contributed by atoms with Crippen LogP contribution < -0.4 is 5.56 Å². The minimum atomic E-state index is -1.01. The van der Waals surface area contributed by atoms with Crippen LogP contribution in [0.25, 0.3) is 10.2 Å². The Morgan fingerprint density at radius 3 is 2.71 bits per heavy atom. The van der Waals surface area contributed by atoms with E-state index >= 15 is 0 Å².